The number of aliphatic hydroxyl groups is 3. The number of anilines is 2. The summed E-state index contributed by atoms with van der Waals surface area (Å²) in [5.74, 6) is 0.488. The van der Waals surface area contributed by atoms with Gasteiger partial charge in [-0.05, 0) is 30.7 Å². The van der Waals surface area contributed by atoms with Crippen LogP contribution in [0.4, 0.5) is 11.8 Å². The van der Waals surface area contributed by atoms with Crippen molar-refractivity contribution in [3.05, 3.63) is 30.1 Å². The number of nitrogen functional groups attached to an aromatic ring is 1. The molecule has 13 nitrogen and oxygen atoms in total. The number of aliphatic hydroxyl groups excluding tert-OH is 3. The van der Waals surface area contributed by atoms with Crippen molar-refractivity contribution >= 4 is 29.1 Å². The molecular formula is C19H23N7O6. The Bertz CT molecular complexity index is 1140. The summed E-state index contributed by atoms with van der Waals surface area (Å²) in [4.78, 5) is 12.6. The SMILES string of the molecule is CCOc1cc(/C=N/Nc2nc(N)c3ncn([C@@H]4O[C@H](CO)C(O)[C@@H]4O)c3n2)ccc1O. The quantitative estimate of drug-likeness (QED) is 0.204. The van der Waals surface area contributed by atoms with E-state index >= 15 is 0 Å². The van der Waals surface area contributed by atoms with Gasteiger partial charge in [-0.3, -0.25) is 4.57 Å². The highest BCUT2D eigenvalue weighted by atomic mass is 16.6. The van der Waals surface area contributed by atoms with Crippen molar-refractivity contribution < 1.29 is 29.9 Å². The number of aromatic nitrogens is 4. The van der Waals surface area contributed by atoms with E-state index in [2.05, 4.69) is 25.5 Å². The molecule has 1 aromatic carbocycles. The Morgan fingerprint density at radius 2 is 2.12 bits per heavy atom. The van der Waals surface area contributed by atoms with Crippen LogP contribution in [0.15, 0.2) is 29.6 Å². The Hall–Kier alpha value is -3.52. The number of benzene rings is 1. The zero-order valence-corrected chi connectivity index (χ0v) is 17.0. The van der Waals surface area contributed by atoms with E-state index in [0.29, 0.717) is 17.9 Å². The molecule has 3 aromatic rings. The largest absolute Gasteiger partial charge is 0.504 e. The van der Waals surface area contributed by atoms with Gasteiger partial charge in [0.1, 0.15) is 23.8 Å². The molecule has 1 aliphatic heterocycles. The average Bonchev–Trinajstić information content (AvgIpc) is 3.32. The fraction of sp³-hybridized carbons (Fsp3) is 0.368. The number of hydrogen-bond donors (Lipinski definition) is 6. The van der Waals surface area contributed by atoms with Gasteiger partial charge in [0.25, 0.3) is 0 Å². The van der Waals surface area contributed by atoms with Crippen molar-refractivity contribution in [2.24, 2.45) is 5.10 Å². The van der Waals surface area contributed by atoms with E-state index in [0.717, 1.165) is 0 Å². The first-order valence-corrected chi connectivity index (χ1v) is 9.80. The molecule has 0 saturated carbocycles. The minimum atomic E-state index is -1.30. The van der Waals surface area contributed by atoms with E-state index in [-0.39, 0.29) is 28.7 Å². The van der Waals surface area contributed by atoms with Crippen LogP contribution in [0.3, 0.4) is 0 Å². The molecule has 7 N–H and O–H groups in total. The molecule has 0 amide bonds. The van der Waals surface area contributed by atoms with Crippen molar-refractivity contribution in [1.82, 2.24) is 19.5 Å². The Morgan fingerprint density at radius 3 is 2.84 bits per heavy atom. The second-order valence-electron chi connectivity index (χ2n) is 7.02. The summed E-state index contributed by atoms with van der Waals surface area (Å²) in [5.41, 5.74) is 9.83. The minimum Gasteiger partial charge on any atom is -0.504 e. The highest BCUT2D eigenvalue weighted by Gasteiger charge is 2.44. The van der Waals surface area contributed by atoms with E-state index in [1.165, 1.54) is 23.2 Å². The van der Waals surface area contributed by atoms with E-state index < -0.39 is 31.1 Å². The molecule has 3 heterocycles. The first-order chi connectivity index (χ1) is 15.4. The molecule has 0 aliphatic carbocycles. The van der Waals surface area contributed by atoms with Crippen LogP contribution in [0.25, 0.3) is 11.2 Å². The molecule has 2 aromatic heterocycles. The zero-order chi connectivity index (χ0) is 22.8. The van der Waals surface area contributed by atoms with Crippen molar-refractivity contribution in [2.45, 2.75) is 31.5 Å². The fourth-order valence-corrected chi connectivity index (χ4v) is 3.33. The van der Waals surface area contributed by atoms with Crippen molar-refractivity contribution in [1.29, 1.82) is 0 Å². The molecule has 32 heavy (non-hydrogen) atoms. The second kappa shape index (κ2) is 8.92. The third-order valence-electron chi connectivity index (χ3n) is 4.90. The van der Waals surface area contributed by atoms with Crippen LogP contribution in [0.1, 0.15) is 18.7 Å². The molecule has 1 saturated heterocycles. The van der Waals surface area contributed by atoms with Gasteiger partial charge in [0, 0.05) is 0 Å². The zero-order valence-electron chi connectivity index (χ0n) is 17.0. The first-order valence-electron chi connectivity index (χ1n) is 9.80. The highest BCUT2D eigenvalue weighted by molar-refractivity contribution is 5.84. The molecule has 13 heteroatoms. The lowest BCUT2D eigenvalue weighted by molar-refractivity contribution is -0.0511. The molecule has 0 radical (unpaired) electrons. The number of phenolic OH excluding ortho intramolecular Hbond substituents is 1. The number of hydrazone groups is 1. The molecule has 4 rings (SSSR count). The molecule has 4 atom stereocenters. The third-order valence-corrected chi connectivity index (χ3v) is 4.90. The van der Waals surface area contributed by atoms with Gasteiger partial charge in [0.2, 0.25) is 5.95 Å². The number of rotatable bonds is 7. The van der Waals surface area contributed by atoms with Gasteiger partial charge in [0.05, 0.1) is 25.8 Å². The standard InChI is InChI=1S/C19H23N7O6/c1-2-31-11-5-9(3-4-10(11)28)6-22-25-19-23-16(20)13-17(24-19)26(8-21-13)18-15(30)14(29)12(7-27)32-18/h3-6,8,12,14-15,18,27-30H,2,7H2,1H3,(H3,20,23,24,25)/b22-6+/t12-,14?,15+,18-/m1/s1. The maximum Gasteiger partial charge on any atom is 0.247 e. The van der Waals surface area contributed by atoms with Gasteiger partial charge in [0.15, 0.2) is 29.2 Å². The van der Waals surface area contributed by atoms with E-state index in [1.807, 2.05) is 6.92 Å². The number of hydrogen-bond acceptors (Lipinski definition) is 12. The molecular weight excluding hydrogens is 422 g/mol. The predicted molar refractivity (Wildman–Crippen MR) is 113 cm³/mol. The lowest BCUT2D eigenvalue weighted by atomic mass is 10.1. The number of nitrogens with one attached hydrogen (secondary N) is 1. The van der Waals surface area contributed by atoms with Crippen LogP contribution in [0.2, 0.25) is 0 Å². The van der Waals surface area contributed by atoms with Gasteiger partial charge < -0.3 is 35.6 Å². The number of imidazole rings is 1. The van der Waals surface area contributed by atoms with Crippen LogP contribution < -0.4 is 15.9 Å². The molecule has 0 spiro atoms. The smallest absolute Gasteiger partial charge is 0.247 e. The molecule has 0 bridgehead atoms. The maximum absolute atomic E-state index is 10.3. The normalized spacial score (nSPS) is 23.2. The van der Waals surface area contributed by atoms with Crippen LogP contribution in [0.5, 0.6) is 11.5 Å². The summed E-state index contributed by atoms with van der Waals surface area (Å²) >= 11 is 0. The van der Waals surface area contributed by atoms with E-state index in [4.69, 9.17) is 15.2 Å². The Morgan fingerprint density at radius 1 is 1.31 bits per heavy atom. The van der Waals surface area contributed by atoms with Gasteiger partial charge in [-0.1, -0.05) is 0 Å². The number of nitrogens with two attached hydrogens (primary N) is 1. The average molecular weight is 445 g/mol. The monoisotopic (exact) mass is 445 g/mol. The maximum atomic E-state index is 10.3. The molecule has 1 fully saturated rings. The van der Waals surface area contributed by atoms with Gasteiger partial charge in [-0.2, -0.15) is 15.1 Å². The first kappa shape index (κ1) is 21.7. The fourth-order valence-electron chi connectivity index (χ4n) is 3.33. The topological polar surface area (TPSA) is 193 Å². The Balaban J connectivity index is 1.58. The number of nitrogens with zero attached hydrogens (tertiary/aromatic N) is 5. The van der Waals surface area contributed by atoms with Gasteiger partial charge >= 0.3 is 0 Å². The summed E-state index contributed by atoms with van der Waals surface area (Å²) < 4.78 is 12.3. The predicted octanol–water partition coefficient (Wildman–Crippen LogP) is -0.430. The van der Waals surface area contributed by atoms with Crippen molar-refractivity contribution in [3.63, 3.8) is 0 Å². The van der Waals surface area contributed by atoms with Crippen LogP contribution >= 0.6 is 0 Å². The van der Waals surface area contributed by atoms with Crippen LogP contribution in [-0.2, 0) is 4.74 Å². The molecule has 170 valence electrons. The third kappa shape index (κ3) is 4.01. The van der Waals surface area contributed by atoms with Crippen LogP contribution in [-0.4, -0.2) is 77.7 Å². The lowest BCUT2D eigenvalue weighted by Crippen LogP contribution is -2.33. The highest BCUT2D eigenvalue weighted by Crippen LogP contribution is 2.32. The summed E-state index contributed by atoms with van der Waals surface area (Å²) in [6.45, 7) is 1.76. The molecule has 1 aliphatic rings. The van der Waals surface area contributed by atoms with E-state index in [9.17, 15) is 20.4 Å². The van der Waals surface area contributed by atoms with Gasteiger partial charge in [-0.15, -0.1) is 0 Å². The Labute approximate surface area is 181 Å². The second-order valence-corrected chi connectivity index (χ2v) is 7.02. The Kier molecular flexibility index (Phi) is 6.05. The summed E-state index contributed by atoms with van der Waals surface area (Å²) in [6, 6.07) is 4.77. The minimum absolute atomic E-state index is 0.0247. The van der Waals surface area contributed by atoms with Crippen LogP contribution in [0, 0.1) is 0 Å². The number of aromatic hydroxyl groups is 1. The lowest BCUT2D eigenvalue weighted by Gasteiger charge is -2.16. The van der Waals surface area contributed by atoms with Crippen molar-refractivity contribution in [2.75, 3.05) is 24.4 Å². The molecule has 1 unspecified atom stereocenters. The van der Waals surface area contributed by atoms with E-state index in [1.54, 1.807) is 12.1 Å². The summed E-state index contributed by atoms with van der Waals surface area (Å²) in [6.07, 6.45) is -1.70. The summed E-state index contributed by atoms with van der Waals surface area (Å²) in [7, 11) is 0. The number of fused-ring (bicyclic) bond motifs is 1. The van der Waals surface area contributed by atoms with Crippen molar-refractivity contribution in [3.8, 4) is 11.5 Å². The van der Waals surface area contributed by atoms with Gasteiger partial charge in [-0.25, -0.2) is 10.4 Å². The number of phenols is 1. The number of ether oxygens (including phenoxy) is 2. The summed E-state index contributed by atoms with van der Waals surface area (Å²) in [5, 5.41) is 43.5.